The quantitative estimate of drug-likeness (QED) is 0.782. The Balaban J connectivity index is 1.96. The van der Waals surface area contributed by atoms with Crippen molar-refractivity contribution in [2.24, 2.45) is 5.73 Å². The van der Waals surface area contributed by atoms with E-state index in [-0.39, 0.29) is 18.1 Å². The molecule has 0 bridgehead atoms. The molecule has 5 heteroatoms. The van der Waals surface area contributed by atoms with Crippen LogP contribution < -0.4 is 11.1 Å². The number of phenolic OH excluding ortho intramolecular Hbond substituents is 1. The molecule has 0 atom stereocenters. The number of hydrogen-bond donors (Lipinski definition) is 3. The van der Waals surface area contributed by atoms with Crippen LogP contribution >= 0.6 is 0 Å². The molecule has 0 aliphatic carbocycles. The SMILES string of the molecule is NC(=O)Cc1ccc(NCc2ccc(O)c(F)c2)cc1. The van der Waals surface area contributed by atoms with Crippen LogP contribution in [-0.4, -0.2) is 11.0 Å². The molecule has 0 heterocycles. The van der Waals surface area contributed by atoms with Crippen molar-refractivity contribution >= 4 is 11.6 Å². The molecular weight excluding hydrogens is 259 g/mol. The van der Waals surface area contributed by atoms with Gasteiger partial charge in [0.25, 0.3) is 0 Å². The number of phenols is 1. The Hall–Kier alpha value is -2.56. The van der Waals surface area contributed by atoms with Crippen LogP contribution in [0.1, 0.15) is 11.1 Å². The summed E-state index contributed by atoms with van der Waals surface area (Å²) in [5.41, 5.74) is 7.54. The number of hydrogen-bond acceptors (Lipinski definition) is 3. The molecule has 2 aromatic rings. The summed E-state index contributed by atoms with van der Waals surface area (Å²) in [7, 11) is 0. The first-order valence-corrected chi connectivity index (χ1v) is 6.13. The number of anilines is 1. The zero-order chi connectivity index (χ0) is 14.5. The molecule has 104 valence electrons. The average molecular weight is 274 g/mol. The van der Waals surface area contributed by atoms with Gasteiger partial charge in [0.1, 0.15) is 0 Å². The molecule has 2 aromatic carbocycles. The topological polar surface area (TPSA) is 75.4 Å². The normalized spacial score (nSPS) is 10.2. The Morgan fingerprint density at radius 3 is 2.40 bits per heavy atom. The molecule has 0 fully saturated rings. The van der Waals surface area contributed by atoms with Crippen LogP contribution in [0.3, 0.4) is 0 Å². The number of amides is 1. The first kappa shape index (κ1) is 13.9. The molecule has 0 radical (unpaired) electrons. The molecule has 20 heavy (non-hydrogen) atoms. The second kappa shape index (κ2) is 6.06. The summed E-state index contributed by atoms with van der Waals surface area (Å²) < 4.78 is 13.2. The highest BCUT2D eigenvalue weighted by Gasteiger charge is 2.02. The maximum absolute atomic E-state index is 13.2. The van der Waals surface area contributed by atoms with E-state index >= 15 is 0 Å². The molecule has 4 nitrogen and oxygen atoms in total. The number of nitrogens with two attached hydrogens (primary N) is 1. The number of carbonyl (C=O) groups is 1. The zero-order valence-corrected chi connectivity index (χ0v) is 10.8. The van der Waals surface area contributed by atoms with Gasteiger partial charge in [0, 0.05) is 12.2 Å². The maximum Gasteiger partial charge on any atom is 0.221 e. The predicted octanol–water partition coefficient (Wildman–Crippen LogP) is 2.17. The van der Waals surface area contributed by atoms with Gasteiger partial charge in [-0.05, 0) is 35.4 Å². The first-order valence-electron chi connectivity index (χ1n) is 6.13. The lowest BCUT2D eigenvalue weighted by atomic mass is 10.1. The number of carbonyl (C=O) groups excluding carboxylic acids is 1. The number of nitrogens with one attached hydrogen (secondary N) is 1. The molecular formula is C15H15FN2O2. The van der Waals surface area contributed by atoms with E-state index in [0.29, 0.717) is 6.54 Å². The largest absolute Gasteiger partial charge is 0.505 e. The third kappa shape index (κ3) is 3.71. The number of benzene rings is 2. The molecule has 0 unspecified atom stereocenters. The van der Waals surface area contributed by atoms with Gasteiger partial charge in [0.15, 0.2) is 11.6 Å². The van der Waals surface area contributed by atoms with E-state index in [0.717, 1.165) is 16.8 Å². The third-order valence-corrected chi connectivity index (χ3v) is 2.84. The van der Waals surface area contributed by atoms with E-state index in [4.69, 9.17) is 10.8 Å². The highest BCUT2D eigenvalue weighted by atomic mass is 19.1. The monoisotopic (exact) mass is 274 g/mol. The minimum absolute atomic E-state index is 0.212. The summed E-state index contributed by atoms with van der Waals surface area (Å²) in [6, 6.07) is 11.5. The van der Waals surface area contributed by atoms with Crippen LogP contribution in [0, 0.1) is 5.82 Å². The lowest BCUT2D eigenvalue weighted by Crippen LogP contribution is -2.13. The summed E-state index contributed by atoms with van der Waals surface area (Å²) in [5, 5.41) is 12.2. The van der Waals surface area contributed by atoms with Gasteiger partial charge in [-0.3, -0.25) is 4.79 Å². The van der Waals surface area contributed by atoms with Gasteiger partial charge < -0.3 is 16.2 Å². The lowest BCUT2D eigenvalue weighted by Gasteiger charge is -2.08. The Morgan fingerprint density at radius 1 is 1.15 bits per heavy atom. The molecule has 0 saturated carbocycles. The highest BCUT2D eigenvalue weighted by Crippen LogP contribution is 2.17. The van der Waals surface area contributed by atoms with E-state index in [1.54, 1.807) is 6.07 Å². The first-order chi connectivity index (χ1) is 9.54. The standard InChI is InChI=1S/C15H15FN2O2/c16-13-7-11(3-6-14(13)19)9-18-12-4-1-10(2-5-12)8-15(17)20/h1-7,18-19H,8-9H2,(H2,17,20). The summed E-state index contributed by atoms with van der Waals surface area (Å²) in [4.78, 5) is 10.8. The Kier molecular flexibility index (Phi) is 4.20. The molecule has 0 aliphatic heterocycles. The maximum atomic E-state index is 13.2. The van der Waals surface area contributed by atoms with Crippen LogP contribution in [0.2, 0.25) is 0 Å². The minimum atomic E-state index is -0.638. The fraction of sp³-hybridized carbons (Fsp3) is 0.133. The molecule has 2 rings (SSSR count). The van der Waals surface area contributed by atoms with Crippen LogP contribution in [0.25, 0.3) is 0 Å². The third-order valence-electron chi connectivity index (χ3n) is 2.84. The van der Waals surface area contributed by atoms with Crippen molar-refractivity contribution in [3.8, 4) is 5.75 Å². The summed E-state index contributed by atoms with van der Waals surface area (Å²) in [5.74, 6) is -1.36. The van der Waals surface area contributed by atoms with Gasteiger partial charge in [-0.25, -0.2) is 4.39 Å². The predicted molar refractivity (Wildman–Crippen MR) is 74.7 cm³/mol. The number of halogens is 1. The average Bonchev–Trinajstić information content (AvgIpc) is 2.41. The fourth-order valence-corrected chi connectivity index (χ4v) is 1.81. The number of primary amides is 1. The van der Waals surface area contributed by atoms with Crippen molar-refractivity contribution in [3.05, 3.63) is 59.4 Å². The van der Waals surface area contributed by atoms with Crippen molar-refractivity contribution < 1.29 is 14.3 Å². The van der Waals surface area contributed by atoms with Gasteiger partial charge in [0.05, 0.1) is 6.42 Å². The van der Waals surface area contributed by atoms with E-state index in [9.17, 15) is 9.18 Å². The molecule has 0 aromatic heterocycles. The van der Waals surface area contributed by atoms with Crippen LogP contribution in [0.4, 0.5) is 10.1 Å². The van der Waals surface area contributed by atoms with E-state index in [1.165, 1.54) is 12.1 Å². The lowest BCUT2D eigenvalue weighted by molar-refractivity contribution is -0.117. The van der Waals surface area contributed by atoms with Gasteiger partial charge in [-0.2, -0.15) is 0 Å². The highest BCUT2D eigenvalue weighted by molar-refractivity contribution is 5.76. The van der Waals surface area contributed by atoms with Gasteiger partial charge in [0.2, 0.25) is 5.91 Å². The molecule has 0 aliphatic rings. The van der Waals surface area contributed by atoms with Gasteiger partial charge >= 0.3 is 0 Å². The van der Waals surface area contributed by atoms with Crippen molar-refractivity contribution in [1.29, 1.82) is 0 Å². The Morgan fingerprint density at radius 2 is 1.80 bits per heavy atom. The second-order valence-electron chi connectivity index (χ2n) is 4.48. The van der Waals surface area contributed by atoms with E-state index < -0.39 is 5.82 Å². The fourth-order valence-electron chi connectivity index (χ4n) is 1.81. The van der Waals surface area contributed by atoms with E-state index in [1.807, 2.05) is 24.3 Å². The molecule has 0 spiro atoms. The minimum Gasteiger partial charge on any atom is -0.505 e. The van der Waals surface area contributed by atoms with Gasteiger partial charge in [-0.15, -0.1) is 0 Å². The van der Waals surface area contributed by atoms with Gasteiger partial charge in [-0.1, -0.05) is 18.2 Å². The summed E-state index contributed by atoms with van der Waals surface area (Å²) >= 11 is 0. The zero-order valence-electron chi connectivity index (χ0n) is 10.8. The molecule has 4 N–H and O–H groups in total. The van der Waals surface area contributed by atoms with Crippen molar-refractivity contribution in [1.82, 2.24) is 0 Å². The summed E-state index contributed by atoms with van der Waals surface area (Å²) in [6.45, 7) is 0.437. The van der Waals surface area contributed by atoms with Crippen molar-refractivity contribution in [3.63, 3.8) is 0 Å². The number of aromatic hydroxyl groups is 1. The second-order valence-corrected chi connectivity index (χ2v) is 4.48. The smallest absolute Gasteiger partial charge is 0.221 e. The molecule has 1 amide bonds. The van der Waals surface area contributed by atoms with Crippen molar-refractivity contribution in [2.75, 3.05) is 5.32 Å². The Labute approximate surface area is 116 Å². The molecule has 0 saturated heterocycles. The number of rotatable bonds is 5. The van der Waals surface area contributed by atoms with Crippen LogP contribution in [0.15, 0.2) is 42.5 Å². The Bertz CT molecular complexity index is 612. The van der Waals surface area contributed by atoms with Crippen LogP contribution in [-0.2, 0) is 17.8 Å². The van der Waals surface area contributed by atoms with Crippen molar-refractivity contribution in [2.45, 2.75) is 13.0 Å². The van der Waals surface area contributed by atoms with Crippen LogP contribution in [0.5, 0.6) is 5.75 Å². The van der Waals surface area contributed by atoms with E-state index in [2.05, 4.69) is 5.32 Å². The summed E-state index contributed by atoms with van der Waals surface area (Å²) in [6.07, 6.45) is 0.212.